The Kier molecular flexibility index (Phi) is 6.24. The van der Waals surface area contributed by atoms with Crippen LogP contribution >= 0.6 is 0 Å². The molecule has 0 radical (unpaired) electrons. The van der Waals surface area contributed by atoms with Gasteiger partial charge in [0.05, 0.1) is 17.8 Å². The van der Waals surface area contributed by atoms with Crippen LogP contribution in [0.3, 0.4) is 0 Å². The zero-order valence-electron chi connectivity index (χ0n) is 18.6. The fraction of sp³-hybridized carbons (Fsp3) is 1.00. The molecule has 2 heterocycles. The molecule has 2 aliphatic rings. The van der Waals surface area contributed by atoms with Crippen molar-refractivity contribution in [2.75, 3.05) is 0 Å². The van der Waals surface area contributed by atoms with Crippen LogP contribution in [0.25, 0.3) is 0 Å². The van der Waals surface area contributed by atoms with Gasteiger partial charge in [-0.15, -0.1) is 0 Å². The highest BCUT2D eigenvalue weighted by atomic mass is 28.4. The highest BCUT2D eigenvalue weighted by molar-refractivity contribution is 6.77. The predicted molar refractivity (Wildman–Crippen MR) is 111 cm³/mol. The molecule has 25 heavy (non-hydrogen) atoms. The van der Waals surface area contributed by atoms with Crippen LogP contribution in [0.1, 0.15) is 94.9 Å². The Morgan fingerprint density at radius 1 is 1.00 bits per heavy atom. The summed E-state index contributed by atoms with van der Waals surface area (Å²) in [7, 11) is -1.89. The van der Waals surface area contributed by atoms with E-state index in [0.717, 1.165) is 0 Å². The highest BCUT2D eigenvalue weighted by Crippen LogP contribution is 2.57. The Balaban J connectivity index is 2.48. The van der Waals surface area contributed by atoms with Crippen molar-refractivity contribution < 1.29 is 9.16 Å². The van der Waals surface area contributed by atoms with Crippen molar-refractivity contribution in [1.82, 2.24) is 0 Å². The second kappa shape index (κ2) is 7.28. The molecule has 0 unspecified atom stereocenters. The third-order valence-corrected chi connectivity index (χ3v) is 13.7. The van der Waals surface area contributed by atoms with Crippen LogP contribution in [0, 0.1) is 11.3 Å². The molecule has 2 fully saturated rings. The van der Waals surface area contributed by atoms with Crippen molar-refractivity contribution in [1.29, 1.82) is 0 Å². The summed E-state index contributed by atoms with van der Waals surface area (Å²) in [5, 5.41) is 0. The number of rotatable bonds is 7. The van der Waals surface area contributed by atoms with Gasteiger partial charge in [0.2, 0.25) is 8.32 Å². The van der Waals surface area contributed by atoms with E-state index in [1.54, 1.807) is 0 Å². The van der Waals surface area contributed by atoms with E-state index in [2.05, 4.69) is 69.2 Å². The van der Waals surface area contributed by atoms with Crippen molar-refractivity contribution in [3.05, 3.63) is 0 Å². The Morgan fingerprint density at radius 3 is 1.96 bits per heavy atom. The molecule has 0 aromatic rings. The predicted octanol–water partition coefficient (Wildman–Crippen LogP) is 6.94. The molecular weight excluding hydrogens is 324 g/mol. The van der Waals surface area contributed by atoms with Gasteiger partial charge in [0.25, 0.3) is 0 Å². The average molecular weight is 369 g/mol. The third kappa shape index (κ3) is 3.38. The summed E-state index contributed by atoms with van der Waals surface area (Å²) in [6.07, 6.45) is 5.51. The summed E-state index contributed by atoms with van der Waals surface area (Å²) in [6, 6.07) is 0. The first-order valence-corrected chi connectivity index (χ1v) is 12.9. The number of fused-ring (bicyclic) bond motifs is 2. The van der Waals surface area contributed by atoms with E-state index in [-0.39, 0.29) is 11.0 Å². The average Bonchev–Trinajstić information content (AvgIpc) is 2.86. The molecule has 0 aromatic heterocycles. The van der Waals surface area contributed by atoms with Crippen molar-refractivity contribution >= 4 is 8.32 Å². The second-order valence-corrected chi connectivity index (χ2v) is 15.9. The van der Waals surface area contributed by atoms with Crippen molar-refractivity contribution in [3.8, 4) is 0 Å². The van der Waals surface area contributed by atoms with Crippen LogP contribution in [-0.4, -0.2) is 26.1 Å². The summed E-state index contributed by atoms with van der Waals surface area (Å²) >= 11 is 0. The molecule has 2 aliphatic heterocycles. The highest BCUT2D eigenvalue weighted by Gasteiger charge is 2.61. The van der Waals surface area contributed by atoms with Crippen molar-refractivity contribution in [2.24, 2.45) is 11.3 Å². The van der Waals surface area contributed by atoms with Crippen molar-refractivity contribution in [3.63, 3.8) is 0 Å². The summed E-state index contributed by atoms with van der Waals surface area (Å²) < 4.78 is 14.1. The maximum absolute atomic E-state index is 7.45. The molecule has 3 heteroatoms. The van der Waals surface area contributed by atoms with Crippen LogP contribution in [-0.2, 0) is 9.16 Å². The molecule has 0 saturated carbocycles. The van der Waals surface area contributed by atoms with Crippen LogP contribution in [0.5, 0.6) is 0 Å². The largest absolute Gasteiger partial charge is 0.412 e. The lowest BCUT2D eigenvalue weighted by atomic mass is 9.69. The van der Waals surface area contributed by atoms with Gasteiger partial charge in [-0.3, -0.25) is 0 Å². The molecule has 2 rings (SSSR count). The Hall–Kier alpha value is 0.137. The van der Waals surface area contributed by atoms with E-state index in [4.69, 9.17) is 9.16 Å². The zero-order valence-corrected chi connectivity index (χ0v) is 19.6. The lowest BCUT2D eigenvalue weighted by Gasteiger charge is -2.56. The van der Waals surface area contributed by atoms with Gasteiger partial charge in [0.1, 0.15) is 0 Å². The van der Waals surface area contributed by atoms with Gasteiger partial charge >= 0.3 is 0 Å². The van der Waals surface area contributed by atoms with Gasteiger partial charge in [-0.1, -0.05) is 68.7 Å². The quantitative estimate of drug-likeness (QED) is 0.453. The van der Waals surface area contributed by atoms with Crippen molar-refractivity contribution in [2.45, 2.75) is 129 Å². The van der Waals surface area contributed by atoms with Crippen LogP contribution in [0.2, 0.25) is 16.6 Å². The molecule has 0 aromatic carbocycles. The Labute approximate surface area is 158 Å². The van der Waals surface area contributed by atoms with Gasteiger partial charge in [0, 0.05) is 11.3 Å². The van der Waals surface area contributed by atoms with Gasteiger partial charge in [-0.25, -0.2) is 0 Å². The molecule has 0 spiro atoms. The van der Waals surface area contributed by atoms with E-state index < -0.39 is 8.32 Å². The summed E-state index contributed by atoms with van der Waals surface area (Å²) in [6.45, 7) is 23.9. The fourth-order valence-electron chi connectivity index (χ4n) is 6.31. The summed E-state index contributed by atoms with van der Waals surface area (Å²) in [5.41, 5.74) is 2.04. The number of ether oxygens (including phenoxy) is 1. The summed E-state index contributed by atoms with van der Waals surface area (Å²) in [4.78, 5) is 0. The minimum absolute atomic E-state index is 0.0198. The van der Waals surface area contributed by atoms with E-state index >= 15 is 0 Å². The van der Waals surface area contributed by atoms with E-state index in [1.807, 2.05) is 0 Å². The smallest absolute Gasteiger partial charge is 0.200 e. The Bertz CT molecular complexity index is 435. The lowest BCUT2D eigenvalue weighted by Crippen LogP contribution is -2.62. The maximum Gasteiger partial charge on any atom is 0.200 e. The number of hydrogen-bond donors (Lipinski definition) is 0. The van der Waals surface area contributed by atoms with Crippen LogP contribution in [0.15, 0.2) is 0 Å². The molecule has 0 N–H and O–H groups in total. The van der Waals surface area contributed by atoms with Crippen LogP contribution in [0.4, 0.5) is 0 Å². The number of hydrogen-bond acceptors (Lipinski definition) is 2. The van der Waals surface area contributed by atoms with E-state index in [1.165, 1.54) is 25.7 Å². The zero-order chi connectivity index (χ0) is 19.2. The first kappa shape index (κ1) is 21.4. The molecule has 148 valence electrons. The molecule has 0 aliphatic carbocycles. The van der Waals surface area contributed by atoms with E-state index in [0.29, 0.717) is 34.7 Å². The van der Waals surface area contributed by atoms with E-state index in [9.17, 15) is 0 Å². The van der Waals surface area contributed by atoms with Crippen LogP contribution < -0.4 is 0 Å². The minimum atomic E-state index is -1.89. The third-order valence-electron chi connectivity index (χ3n) is 7.67. The molecule has 2 bridgehead atoms. The second-order valence-electron chi connectivity index (χ2n) is 10.5. The minimum Gasteiger partial charge on any atom is -0.412 e. The first-order valence-electron chi connectivity index (χ1n) is 10.8. The summed E-state index contributed by atoms with van der Waals surface area (Å²) in [5.74, 6) is 0.523. The fourth-order valence-corrected chi connectivity index (χ4v) is 12.0. The van der Waals surface area contributed by atoms with Gasteiger partial charge in [0.15, 0.2) is 0 Å². The molecular formula is C22H44O2Si. The molecule has 0 amide bonds. The maximum atomic E-state index is 7.45. The van der Waals surface area contributed by atoms with Gasteiger partial charge in [-0.2, -0.15) is 0 Å². The van der Waals surface area contributed by atoms with Gasteiger partial charge < -0.3 is 9.16 Å². The normalized spacial score (nSPS) is 35.2. The lowest BCUT2D eigenvalue weighted by molar-refractivity contribution is -0.212. The molecule has 2 nitrogen and oxygen atoms in total. The van der Waals surface area contributed by atoms with Gasteiger partial charge in [-0.05, 0) is 42.8 Å². The monoisotopic (exact) mass is 368 g/mol. The standard InChI is InChI=1S/C22H44O2Si/c1-11-12-18-20(21(8,9)19-13-14-22(18,10)23-19)24-25(15(2)3,16(4)5)17(6)7/h15-20H,11-14H2,1-10H3/t18-,19-,20-,22+/m1/s1. The molecule has 4 atom stereocenters. The molecule has 2 saturated heterocycles. The topological polar surface area (TPSA) is 18.5 Å². The first-order chi connectivity index (χ1) is 11.4. The Morgan fingerprint density at radius 2 is 1.52 bits per heavy atom. The SMILES string of the molecule is CCC[C@@H]1[C@@H](O[Si](C(C)C)(C(C)C)C(C)C)C(C)(C)[C@H]2CC[C@]1(C)O2.